The van der Waals surface area contributed by atoms with Gasteiger partial charge in [0.15, 0.2) is 19.7 Å². The minimum atomic E-state index is -3.29. The van der Waals surface area contributed by atoms with Crippen LogP contribution in [0.2, 0.25) is 0 Å². The summed E-state index contributed by atoms with van der Waals surface area (Å²) in [7, 11) is -6.45. The van der Waals surface area contributed by atoms with Crippen molar-refractivity contribution in [1.29, 1.82) is 0 Å². The Morgan fingerprint density at radius 1 is 0.977 bits per heavy atom. The summed E-state index contributed by atoms with van der Waals surface area (Å²) in [4.78, 5) is 30.1. The lowest BCUT2D eigenvalue weighted by molar-refractivity contribution is -0.133. The van der Waals surface area contributed by atoms with E-state index in [0.29, 0.717) is 19.5 Å². The van der Waals surface area contributed by atoms with E-state index in [1.54, 1.807) is 17.1 Å². The molecule has 11 nitrogen and oxygen atoms in total. The number of sulfone groups is 2. The van der Waals surface area contributed by atoms with E-state index in [0.717, 1.165) is 43.3 Å². The minimum Gasteiger partial charge on any atom is -0.464 e. The van der Waals surface area contributed by atoms with Gasteiger partial charge < -0.3 is 14.9 Å². The van der Waals surface area contributed by atoms with Gasteiger partial charge in [-0.2, -0.15) is 0 Å². The summed E-state index contributed by atoms with van der Waals surface area (Å²) in [6, 6.07) is 15.6. The van der Waals surface area contributed by atoms with Gasteiger partial charge in [-0.3, -0.25) is 4.79 Å². The molecule has 0 saturated carbocycles. The van der Waals surface area contributed by atoms with Crippen LogP contribution in [-0.2, 0) is 30.9 Å². The van der Waals surface area contributed by atoms with Crippen molar-refractivity contribution in [2.24, 2.45) is 0 Å². The Morgan fingerprint density at radius 2 is 1.58 bits per heavy atom. The lowest BCUT2D eigenvalue weighted by atomic mass is 9.99. The summed E-state index contributed by atoms with van der Waals surface area (Å²) >= 11 is 0. The predicted molar refractivity (Wildman–Crippen MR) is 164 cm³/mol. The van der Waals surface area contributed by atoms with Gasteiger partial charge in [0.1, 0.15) is 0 Å². The zero-order valence-electron chi connectivity index (χ0n) is 24.8. The van der Waals surface area contributed by atoms with Gasteiger partial charge in [-0.1, -0.05) is 42.5 Å². The third kappa shape index (κ3) is 8.78. The van der Waals surface area contributed by atoms with Crippen molar-refractivity contribution < 1.29 is 31.5 Å². The Morgan fingerprint density at radius 3 is 2.12 bits per heavy atom. The van der Waals surface area contributed by atoms with Gasteiger partial charge in [0.2, 0.25) is 5.91 Å². The van der Waals surface area contributed by atoms with Crippen molar-refractivity contribution in [1.82, 2.24) is 19.8 Å². The summed E-state index contributed by atoms with van der Waals surface area (Å²) in [6.45, 7) is 5.04. The van der Waals surface area contributed by atoms with Gasteiger partial charge in [0.25, 0.3) is 0 Å². The largest absolute Gasteiger partial charge is 0.464 e. The molecular formula is C30H42N4O7S2. The molecule has 1 N–H and O–H groups in total. The van der Waals surface area contributed by atoms with Crippen molar-refractivity contribution in [3.05, 3.63) is 65.7 Å². The molecule has 0 unspecified atom stereocenters. The van der Waals surface area contributed by atoms with E-state index in [2.05, 4.69) is 4.90 Å². The van der Waals surface area contributed by atoms with Crippen molar-refractivity contribution in [3.63, 3.8) is 0 Å². The van der Waals surface area contributed by atoms with Gasteiger partial charge in [-0.05, 0) is 49.4 Å². The molecule has 43 heavy (non-hydrogen) atoms. The van der Waals surface area contributed by atoms with E-state index in [1.807, 2.05) is 42.2 Å². The van der Waals surface area contributed by atoms with Gasteiger partial charge >= 0.3 is 6.09 Å². The molecule has 2 fully saturated rings. The van der Waals surface area contributed by atoms with Crippen molar-refractivity contribution in [2.45, 2.75) is 49.6 Å². The number of hydrogen-bond acceptors (Lipinski definition) is 8. The maximum absolute atomic E-state index is 13.2. The topological polar surface area (TPSA) is 136 Å². The van der Waals surface area contributed by atoms with E-state index in [9.17, 15) is 31.5 Å². The lowest BCUT2D eigenvalue weighted by Crippen LogP contribution is -2.54. The van der Waals surface area contributed by atoms with Gasteiger partial charge in [-0.15, -0.1) is 0 Å². The molecule has 0 spiro atoms. The summed E-state index contributed by atoms with van der Waals surface area (Å²) in [5.74, 6) is -0.118. The summed E-state index contributed by atoms with van der Waals surface area (Å²) < 4.78 is 47.5. The maximum Gasteiger partial charge on any atom is 0.422 e. The third-order valence-corrected chi connectivity index (χ3v) is 11.1. The molecule has 2 aromatic rings. The second kappa shape index (κ2) is 14.2. The lowest BCUT2D eigenvalue weighted by Gasteiger charge is -2.42. The summed E-state index contributed by atoms with van der Waals surface area (Å²) in [5.41, 5.74) is 1.63. The van der Waals surface area contributed by atoms with Gasteiger partial charge in [0.05, 0.1) is 28.9 Å². The van der Waals surface area contributed by atoms with Crippen LogP contribution >= 0.6 is 0 Å². The summed E-state index contributed by atoms with van der Waals surface area (Å²) in [5, 5.41) is 13.2. The van der Waals surface area contributed by atoms with E-state index in [4.69, 9.17) is 0 Å². The Labute approximate surface area is 254 Å². The number of likely N-dealkylation sites (N-methyl/N-ethyl adjacent to an activating group) is 1. The molecule has 2 aliphatic rings. The molecule has 13 heteroatoms. The highest BCUT2D eigenvalue weighted by Gasteiger charge is 2.35. The molecule has 1 atom stereocenters. The Bertz CT molecular complexity index is 1450. The first-order valence-electron chi connectivity index (χ1n) is 14.7. The highest BCUT2D eigenvalue weighted by Crippen LogP contribution is 2.29. The average Bonchev–Trinajstić information content (AvgIpc) is 2.97. The molecule has 2 saturated heterocycles. The van der Waals surface area contributed by atoms with Crippen molar-refractivity contribution in [3.8, 4) is 0 Å². The standard InChI is InChI=1S/C30H42N4O7S2/c1-3-33(29(35)23-24-9-11-27(12-10-24)42(2,38)39)26-13-16-31(17-14-26)18-15-28(25-7-5-4-6-8-25)34(30(36)37)32-19-21-43(40,41)22-20-32/h4-12,26,28H,3,13-23H2,1-2H3,(H,36,37)/t28-/m0/s1. The predicted octanol–water partition coefficient (Wildman–Crippen LogP) is 2.70. The number of rotatable bonds is 11. The minimum absolute atomic E-state index is 0.0119. The molecule has 2 aromatic carbocycles. The average molecular weight is 635 g/mol. The number of carboxylic acid groups (broad SMARTS) is 1. The molecule has 4 rings (SSSR count). The molecule has 2 aliphatic heterocycles. The first-order valence-corrected chi connectivity index (χ1v) is 18.4. The van der Waals surface area contributed by atoms with E-state index in [-0.39, 0.29) is 47.9 Å². The molecule has 236 valence electrons. The Hall–Kier alpha value is -3.00. The molecule has 0 aromatic heterocycles. The number of hydrogen-bond donors (Lipinski definition) is 1. The van der Waals surface area contributed by atoms with E-state index < -0.39 is 31.8 Å². The van der Waals surface area contributed by atoms with Crippen LogP contribution in [0.3, 0.4) is 0 Å². The monoisotopic (exact) mass is 634 g/mol. The molecule has 0 bridgehead atoms. The number of amides is 2. The van der Waals surface area contributed by atoms with Crippen molar-refractivity contribution >= 4 is 31.7 Å². The van der Waals surface area contributed by atoms with Crippen LogP contribution in [0.1, 0.15) is 43.4 Å². The number of benzene rings is 2. The second-order valence-electron chi connectivity index (χ2n) is 11.3. The third-order valence-electron chi connectivity index (χ3n) is 8.39. The Kier molecular flexibility index (Phi) is 10.9. The van der Waals surface area contributed by atoms with E-state index in [1.165, 1.54) is 17.1 Å². The molecule has 2 amide bonds. The fraction of sp³-hybridized carbons (Fsp3) is 0.533. The van der Waals surface area contributed by atoms with Gasteiger partial charge in [-0.25, -0.2) is 31.6 Å². The van der Waals surface area contributed by atoms with Crippen LogP contribution in [0, 0.1) is 0 Å². The second-order valence-corrected chi connectivity index (χ2v) is 15.6. The number of piperidine rings is 1. The number of hydrazine groups is 1. The van der Waals surface area contributed by atoms with Crippen LogP contribution in [0.5, 0.6) is 0 Å². The van der Waals surface area contributed by atoms with Crippen LogP contribution < -0.4 is 0 Å². The SMILES string of the molecule is CCN(C(=O)Cc1ccc(S(C)(=O)=O)cc1)C1CCN(CC[C@@H](c2ccccc2)N(C(=O)O)N2CCS(=O)(=O)CC2)CC1. The fourth-order valence-electron chi connectivity index (χ4n) is 6.00. The fourth-order valence-corrected chi connectivity index (χ4v) is 7.82. The quantitative estimate of drug-likeness (QED) is 0.396. The zero-order valence-corrected chi connectivity index (χ0v) is 26.5. The highest BCUT2D eigenvalue weighted by atomic mass is 32.2. The van der Waals surface area contributed by atoms with Gasteiger partial charge in [0, 0.05) is 51.6 Å². The highest BCUT2D eigenvalue weighted by molar-refractivity contribution is 7.91. The van der Waals surface area contributed by atoms with Crippen LogP contribution in [0.15, 0.2) is 59.5 Å². The van der Waals surface area contributed by atoms with Crippen LogP contribution in [0.25, 0.3) is 0 Å². The molecule has 0 radical (unpaired) electrons. The first kappa shape index (κ1) is 32.9. The zero-order chi connectivity index (χ0) is 31.2. The molecule has 2 heterocycles. The molecular weight excluding hydrogens is 592 g/mol. The van der Waals surface area contributed by atoms with Crippen molar-refractivity contribution in [2.75, 3.05) is 57.0 Å². The number of likely N-dealkylation sites (tertiary alicyclic amines) is 1. The number of carbonyl (C=O) groups excluding carboxylic acids is 1. The summed E-state index contributed by atoms with van der Waals surface area (Å²) in [6.07, 6.45) is 2.41. The van der Waals surface area contributed by atoms with Crippen LogP contribution in [0.4, 0.5) is 4.79 Å². The normalized spacial score (nSPS) is 19.0. The van der Waals surface area contributed by atoms with Crippen LogP contribution in [-0.4, -0.2) is 117 Å². The smallest absolute Gasteiger partial charge is 0.422 e. The first-order chi connectivity index (χ1) is 20.4. The Balaban J connectivity index is 1.36. The van der Waals surface area contributed by atoms with E-state index >= 15 is 0 Å². The molecule has 0 aliphatic carbocycles. The number of nitrogens with zero attached hydrogens (tertiary/aromatic N) is 4. The maximum atomic E-state index is 13.2. The number of carbonyl (C=O) groups is 2.